The van der Waals surface area contributed by atoms with Crippen molar-refractivity contribution >= 4 is 22.1 Å². The zero-order chi connectivity index (χ0) is 20.5. The molecule has 1 saturated carbocycles. The van der Waals surface area contributed by atoms with E-state index in [2.05, 4.69) is 15.2 Å². The summed E-state index contributed by atoms with van der Waals surface area (Å²) in [6.07, 6.45) is 7.04. The van der Waals surface area contributed by atoms with Crippen LogP contribution >= 0.6 is 0 Å². The van der Waals surface area contributed by atoms with E-state index in [9.17, 15) is 13.2 Å². The second-order valence-corrected chi connectivity index (χ2v) is 8.59. The molecule has 3 rings (SSSR count). The molecule has 1 fully saturated rings. The van der Waals surface area contributed by atoms with Crippen molar-refractivity contribution in [3.05, 3.63) is 60.2 Å². The van der Waals surface area contributed by atoms with Crippen molar-refractivity contribution in [3.63, 3.8) is 0 Å². The third-order valence-electron chi connectivity index (χ3n) is 4.66. The maximum atomic E-state index is 12.1. The van der Waals surface area contributed by atoms with Gasteiger partial charge in [-0.15, -0.1) is 0 Å². The molecule has 0 atom stereocenters. The lowest BCUT2D eigenvalue weighted by Crippen LogP contribution is -2.38. The molecule has 1 aliphatic carbocycles. The van der Waals surface area contributed by atoms with Gasteiger partial charge in [0.05, 0.1) is 11.1 Å². The first kappa shape index (κ1) is 20.9. The van der Waals surface area contributed by atoms with E-state index in [1.54, 1.807) is 42.5 Å². The molecule has 2 aromatic carbocycles. The average molecular weight is 416 g/mol. The van der Waals surface area contributed by atoms with Gasteiger partial charge in [-0.1, -0.05) is 37.5 Å². The minimum absolute atomic E-state index is 0.0270. The topological polar surface area (TPSA) is 96.9 Å². The van der Waals surface area contributed by atoms with Gasteiger partial charge < -0.3 is 10.1 Å². The van der Waals surface area contributed by atoms with Gasteiger partial charge in [0.1, 0.15) is 5.75 Å². The van der Waals surface area contributed by atoms with E-state index in [1.165, 1.54) is 24.8 Å². The molecule has 29 heavy (non-hydrogen) atoms. The molecule has 2 aromatic rings. The monoisotopic (exact) mass is 415 g/mol. The lowest BCUT2D eigenvalue weighted by atomic mass is 9.95. The third-order valence-corrected chi connectivity index (χ3v) is 5.90. The number of nitrogens with one attached hydrogen (secondary N) is 2. The first-order chi connectivity index (χ1) is 14.0. The van der Waals surface area contributed by atoms with Crippen molar-refractivity contribution in [2.75, 3.05) is 6.61 Å². The summed E-state index contributed by atoms with van der Waals surface area (Å²) in [6, 6.07) is 15.2. The minimum Gasteiger partial charge on any atom is -0.484 e. The second-order valence-electron chi connectivity index (χ2n) is 6.93. The van der Waals surface area contributed by atoms with Gasteiger partial charge in [-0.05, 0) is 54.8 Å². The van der Waals surface area contributed by atoms with Crippen molar-refractivity contribution in [1.29, 1.82) is 0 Å². The van der Waals surface area contributed by atoms with E-state index >= 15 is 0 Å². The predicted octanol–water partition coefficient (Wildman–Crippen LogP) is 2.83. The van der Waals surface area contributed by atoms with Gasteiger partial charge in [0.15, 0.2) is 6.61 Å². The van der Waals surface area contributed by atoms with Crippen molar-refractivity contribution in [3.8, 4) is 5.75 Å². The Balaban J connectivity index is 1.46. The normalized spacial score (nSPS) is 15.2. The molecule has 154 valence electrons. The molecule has 0 radical (unpaired) electrons. The zero-order valence-corrected chi connectivity index (χ0v) is 16.9. The van der Waals surface area contributed by atoms with Crippen LogP contribution in [0.4, 0.5) is 0 Å². The summed E-state index contributed by atoms with van der Waals surface area (Å²) in [4.78, 5) is 14.3. The number of nitrogens with zero attached hydrogens (tertiary/aromatic N) is 1. The Bertz CT molecular complexity index is 922. The molecule has 0 aliphatic heterocycles. The standard InChI is InChI=1S/C21H25N3O4S/c25-21(23-18-7-3-1-4-8-18)16-28-19-13-11-17(12-14-19)15-22-24-29(26,27)20-9-5-2-6-10-20/h2,5-6,9-15,18,24H,1,3-4,7-8,16H2,(H,23,25)/b22-15-. The Labute approximate surface area is 171 Å². The van der Waals surface area contributed by atoms with Crippen LogP contribution in [-0.2, 0) is 14.8 Å². The van der Waals surface area contributed by atoms with Crippen LogP contribution in [0.1, 0.15) is 37.7 Å². The Morgan fingerprint density at radius 2 is 1.72 bits per heavy atom. The van der Waals surface area contributed by atoms with E-state index in [-0.39, 0.29) is 23.5 Å². The van der Waals surface area contributed by atoms with Crippen LogP contribution in [0.15, 0.2) is 64.6 Å². The first-order valence-corrected chi connectivity index (χ1v) is 11.1. The maximum Gasteiger partial charge on any atom is 0.276 e. The fraction of sp³-hybridized carbons (Fsp3) is 0.333. The molecule has 0 saturated heterocycles. The van der Waals surface area contributed by atoms with Crippen LogP contribution < -0.4 is 14.9 Å². The summed E-state index contributed by atoms with van der Waals surface area (Å²) >= 11 is 0. The lowest BCUT2D eigenvalue weighted by molar-refractivity contribution is -0.124. The number of rotatable bonds is 8. The Morgan fingerprint density at radius 1 is 1.03 bits per heavy atom. The van der Waals surface area contributed by atoms with Crippen molar-refractivity contribution in [1.82, 2.24) is 10.1 Å². The zero-order valence-electron chi connectivity index (χ0n) is 16.1. The molecule has 2 N–H and O–H groups in total. The van der Waals surface area contributed by atoms with Crippen molar-refractivity contribution < 1.29 is 17.9 Å². The number of carbonyl (C=O) groups is 1. The smallest absolute Gasteiger partial charge is 0.276 e. The Kier molecular flexibility index (Phi) is 7.24. The Morgan fingerprint density at radius 3 is 2.41 bits per heavy atom. The van der Waals surface area contributed by atoms with Crippen molar-refractivity contribution in [2.24, 2.45) is 5.10 Å². The minimum atomic E-state index is -3.69. The van der Waals surface area contributed by atoms with Gasteiger partial charge in [-0.2, -0.15) is 13.5 Å². The van der Waals surface area contributed by atoms with Crippen LogP contribution in [0, 0.1) is 0 Å². The summed E-state index contributed by atoms with van der Waals surface area (Å²) < 4.78 is 29.7. The van der Waals surface area contributed by atoms with Crippen LogP contribution in [-0.4, -0.2) is 33.2 Å². The lowest BCUT2D eigenvalue weighted by Gasteiger charge is -2.22. The molecule has 7 nitrogen and oxygen atoms in total. The predicted molar refractivity (Wildman–Crippen MR) is 111 cm³/mol. The summed E-state index contributed by atoms with van der Waals surface area (Å²) in [5.41, 5.74) is 0.694. The third kappa shape index (κ3) is 6.60. The van der Waals surface area contributed by atoms with Crippen molar-refractivity contribution in [2.45, 2.75) is 43.0 Å². The van der Waals surface area contributed by atoms with Gasteiger partial charge >= 0.3 is 0 Å². The molecular formula is C21H25N3O4S. The van der Waals surface area contributed by atoms with E-state index in [0.29, 0.717) is 11.3 Å². The van der Waals surface area contributed by atoms with E-state index in [4.69, 9.17) is 4.74 Å². The molecule has 0 heterocycles. The summed E-state index contributed by atoms with van der Waals surface area (Å²) in [7, 11) is -3.69. The highest BCUT2D eigenvalue weighted by Crippen LogP contribution is 2.17. The molecule has 0 unspecified atom stereocenters. The summed E-state index contributed by atoms with van der Waals surface area (Å²) in [6.45, 7) is -0.0270. The highest BCUT2D eigenvalue weighted by Gasteiger charge is 2.15. The number of amides is 1. The highest BCUT2D eigenvalue weighted by atomic mass is 32.2. The number of carbonyl (C=O) groups excluding carboxylic acids is 1. The summed E-state index contributed by atoms with van der Waals surface area (Å²) in [5.74, 6) is 0.448. The van der Waals surface area contributed by atoms with Crippen LogP contribution in [0.3, 0.4) is 0 Å². The fourth-order valence-corrected chi connectivity index (χ4v) is 3.95. The van der Waals surface area contributed by atoms with E-state index in [0.717, 1.165) is 25.7 Å². The highest BCUT2D eigenvalue weighted by molar-refractivity contribution is 7.89. The summed E-state index contributed by atoms with van der Waals surface area (Å²) in [5, 5.41) is 6.80. The van der Waals surface area contributed by atoms with E-state index < -0.39 is 10.0 Å². The molecule has 0 aromatic heterocycles. The molecule has 0 spiro atoms. The number of ether oxygens (including phenoxy) is 1. The van der Waals surface area contributed by atoms with Crippen LogP contribution in [0.5, 0.6) is 5.75 Å². The van der Waals surface area contributed by atoms with Gasteiger partial charge in [0.2, 0.25) is 0 Å². The maximum absolute atomic E-state index is 12.1. The van der Waals surface area contributed by atoms with Gasteiger partial charge in [-0.25, -0.2) is 4.83 Å². The molecular weight excluding hydrogens is 390 g/mol. The molecule has 8 heteroatoms. The van der Waals surface area contributed by atoms with Crippen LogP contribution in [0.25, 0.3) is 0 Å². The second kappa shape index (κ2) is 10.1. The van der Waals surface area contributed by atoms with Crippen LogP contribution in [0.2, 0.25) is 0 Å². The molecule has 1 aliphatic rings. The number of hydrogen-bond acceptors (Lipinski definition) is 5. The van der Waals surface area contributed by atoms with Gasteiger partial charge in [0, 0.05) is 6.04 Å². The quantitative estimate of drug-likeness (QED) is 0.512. The number of benzene rings is 2. The number of hydrazone groups is 1. The fourth-order valence-electron chi connectivity index (χ4n) is 3.14. The van der Waals surface area contributed by atoms with E-state index in [1.807, 2.05) is 0 Å². The SMILES string of the molecule is O=C(COc1ccc(/C=N\NS(=O)(=O)c2ccccc2)cc1)NC1CCCCC1. The largest absolute Gasteiger partial charge is 0.484 e. The molecule has 1 amide bonds. The number of hydrogen-bond donors (Lipinski definition) is 2. The van der Waals surface area contributed by atoms with Gasteiger partial charge in [-0.3, -0.25) is 4.79 Å². The van der Waals surface area contributed by atoms with Gasteiger partial charge in [0.25, 0.3) is 15.9 Å². The average Bonchev–Trinajstić information content (AvgIpc) is 2.74. The molecule has 0 bridgehead atoms. The first-order valence-electron chi connectivity index (χ1n) is 9.65. The number of sulfonamides is 1. The Hall–Kier alpha value is -2.87.